The van der Waals surface area contributed by atoms with Gasteiger partial charge in [-0.3, -0.25) is 9.59 Å². The van der Waals surface area contributed by atoms with Crippen molar-refractivity contribution in [2.24, 2.45) is 0 Å². The van der Waals surface area contributed by atoms with Crippen molar-refractivity contribution in [2.75, 3.05) is 24.9 Å². The Bertz CT molecular complexity index is 1080. The van der Waals surface area contributed by atoms with Gasteiger partial charge < -0.3 is 20.1 Å². The van der Waals surface area contributed by atoms with E-state index in [1.54, 1.807) is 48.5 Å². The van der Waals surface area contributed by atoms with Crippen LogP contribution in [0.3, 0.4) is 0 Å². The average molecular weight is 445 g/mol. The van der Waals surface area contributed by atoms with E-state index in [9.17, 15) is 9.59 Å². The molecule has 0 aromatic heterocycles. The Balaban J connectivity index is 1.82. The van der Waals surface area contributed by atoms with Crippen LogP contribution in [-0.4, -0.2) is 26.0 Å². The zero-order valence-electron chi connectivity index (χ0n) is 16.2. The van der Waals surface area contributed by atoms with Crippen molar-refractivity contribution in [3.05, 3.63) is 81.8 Å². The molecule has 30 heavy (non-hydrogen) atoms. The zero-order chi connectivity index (χ0) is 21.7. The molecule has 0 fully saturated rings. The number of ether oxygens (including phenoxy) is 2. The van der Waals surface area contributed by atoms with Crippen LogP contribution in [0.5, 0.6) is 11.5 Å². The van der Waals surface area contributed by atoms with Crippen LogP contribution in [0.4, 0.5) is 11.4 Å². The molecule has 3 aromatic carbocycles. The van der Waals surface area contributed by atoms with Crippen LogP contribution < -0.4 is 20.1 Å². The van der Waals surface area contributed by atoms with Crippen molar-refractivity contribution in [3.8, 4) is 11.5 Å². The number of halogens is 2. The molecule has 2 amide bonds. The van der Waals surface area contributed by atoms with Crippen LogP contribution >= 0.6 is 23.2 Å². The molecule has 0 spiro atoms. The lowest BCUT2D eigenvalue weighted by atomic mass is 10.1. The third-order valence-corrected chi connectivity index (χ3v) is 4.76. The fourth-order valence-electron chi connectivity index (χ4n) is 2.74. The minimum absolute atomic E-state index is 0.242. The van der Waals surface area contributed by atoms with Gasteiger partial charge in [0.1, 0.15) is 0 Å². The highest BCUT2D eigenvalue weighted by Gasteiger charge is 2.17. The third-order valence-electron chi connectivity index (χ3n) is 4.23. The van der Waals surface area contributed by atoms with Gasteiger partial charge in [-0.05, 0) is 48.5 Å². The largest absolute Gasteiger partial charge is 0.493 e. The van der Waals surface area contributed by atoms with Gasteiger partial charge in [0.25, 0.3) is 11.8 Å². The first-order chi connectivity index (χ1) is 14.4. The summed E-state index contributed by atoms with van der Waals surface area (Å²) in [6.45, 7) is 0. The molecule has 0 radical (unpaired) electrons. The van der Waals surface area contributed by atoms with Crippen LogP contribution in [0.15, 0.2) is 60.7 Å². The summed E-state index contributed by atoms with van der Waals surface area (Å²) >= 11 is 12.1. The number of carbonyl (C=O) groups is 2. The van der Waals surface area contributed by atoms with Crippen molar-refractivity contribution in [3.63, 3.8) is 0 Å². The molecule has 2 N–H and O–H groups in total. The predicted molar refractivity (Wildman–Crippen MR) is 118 cm³/mol. The van der Waals surface area contributed by atoms with E-state index < -0.39 is 5.91 Å². The fraction of sp³-hybridized carbons (Fsp3) is 0.0909. The summed E-state index contributed by atoms with van der Waals surface area (Å²) < 4.78 is 10.4. The summed E-state index contributed by atoms with van der Waals surface area (Å²) in [6, 6.07) is 16.4. The number of rotatable bonds is 6. The highest BCUT2D eigenvalue weighted by atomic mass is 35.5. The quantitative estimate of drug-likeness (QED) is 0.524. The number of hydrogen-bond acceptors (Lipinski definition) is 4. The monoisotopic (exact) mass is 444 g/mol. The fourth-order valence-corrected chi connectivity index (χ4v) is 3.15. The third kappa shape index (κ3) is 4.84. The summed E-state index contributed by atoms with van der Waals surface area (Å²) in [5, 5.41) is 6.34. The van der Waals surface area contributed by atoms with Gasteiger partial charge in [0.05, 0.1) is 30.6 Å². The molecule has 0 heterocycles. The van der Waals surface area contributed by atoms with Gasteiger partial charge in [-0.1, -0.05) is 35.3 Å². The first-order valence-corrected chi connectivity index (χ1v) is 9.57. The summed E-state index contributed by atoms with van der Waals surface area (Å²) in [6.07, 6.45) is 0. The molecule has 8 heteroatoms. The molecule has 6 nitrogen and oxygen atoms in total. The number of methoxy groups -OCH3 is 2. The topological polar surface area (TPSA) is 76.7 Å². The lowest BCUT2D eigenvalue weighted by Crippen LogP contribution is -2.17. The molecular formula is C22H18Cl2N2O4. The smallest absolute Gasteiger partial charge is 0.255 e. The van der Waals surface area contributed by atoms with Gasteiger partial charge >= 0.3 is 0 Å². The summed E-state index contributed by atoms with van der Waals surface area (Å²) in [5.74, 6) is -0.0839. The Morgan fingerprint density at radius 2 is 1.33 bits per heavy atom. The second kappa shape index (κ2) is 9.52. The molecule has 0 saturated heterocycles. The van der Waals surface area contributed by atoms with Crippen LogP contribution in [0.2, 0.25) is 10.0 Å². The first kappa shape index (κ1) is 21.5. The van der Waals surface area contributed by atoms with Crippen LogP contribution in [0.25, 0.3) is 0 Å². The molecule has 0 saturated carbocycles. The molecule has 0 bridgehead atoms. The number of amides is 2. The van der Waals surface area contributed by atoms with Crippen molar-refractivity contribution in [2.45, 2.75) is 0 Å². The van der Waals surface area contributed by atoms with E-state index in [2.05, 4.69) is 10.6 Å². The summed E-state index contributed by atoms with van der Waals surface area (Å²) in [7, 11) is 2.92. The summed E-state index contributed by atoms with van der Waals surface area (Å²) in [5.41, 5.74) is 1.58. The second-order valence-corrected chi connectivity index (χ2v) is 7.00. The average Bonchev–Trinajstić information content (AvgIpc) is 2.74. The Morgan fingerprint density at radius 1 is 0.767 bits per heavy atom. The van der Waals surface area contributed by atoms with Gasteiger partial charge in [0, 0.05) is 16.1 Å². The van der Waals surface area contributed by atoms with Crippen molar-refractivity contribution < 1.29 is 19.1 Å². The number of benzene rings is 3. The molecule has 0 atom stereocenters. The number of carbonyl (C=O) groups excluding carboxylic acids is 2. The van der Waals surface area contributed by atoms with E-state index in [1.807, 2.05) is 0 Å². The van der Waals surface area contributed by atoms with E-state index >= 15 is 0 Å². The first-order valence-electron chi connectivity index (χ1n) is 8.81. The Hall–Kier alpha value is -3.22. The summed E-state index contributed by atoms with van der Waals surface area (Å²) in [4.78, 5) is 25.3. The SMILES string of the molecule is COc1cc(C(=O)Nc2ccccc2NC(=O)c2ccc(Cl)cc2)cc(Cl)c1OC. The minimum atomic E-state index is -0.425. The van der Waals surface area contributed by atoms with Gasteiger partial charge in [0.2, 0.25) is 0 Å². The van der Waals surface area contributed by atoms with Crippen molar-refractivity contribution in [1.82, 2.24) is 0 Å². The Morgan fingerprint density at radius 3 is 1.87 bits per heavy atom. The van der Waals surface area contributed by atoms with Gasteiger partial charge in [-0.25, -0.2) is 0 Å². The van der Waals surface area contributed by atoms with E-state index in [-0.39, 0.29) is 16.5 Å². The maximum atomic E-state index is 12.8. The van der Waals surface area contributed by atoms with Crippen molar-refractivity contribution >= 4 is 46.4 Å². The van der Waals surface area contributed by atoms with Gasteiger partial charge in [0.15, 0.2) is 11.5 Å². The minimum Gasteiger partial charge on any atom is -0.493 e. The molecule has 0 aliphatic heterocycles. The maximum Gasteiger partial charge on any atom is 0.255 e. The Kier molecular flexibility index (Phi) is 6.82. The zero-order valence-corrected chi connectivity index (χ0v) is 17.7. The van der Waals surface area contributed by atoms with Crippen LogP contribution in [-0.2, 0) is 0 Å². The normalized spacial score (nSPS) is 10.3. The molecule has 0 unspecified atom stereocenters. The molecule has 3 aromatic rings. The number of anilines is 2. The van der Waals surface area contributed by atoms with E-state index in [0.717, 1.165) is 0 Å². The molecular weight excluding hydrogens is 427 g/mol. The Labute approximate surface area is 183 Å². The van der Waals surface area contributed by atoms with E-state index in [1.165, 1.54) is 26.4 Å². The van der Waals surface area contributed by atoms with Crippen LogP contribution in [0.1, 0.15) is 20.7 Å². The lowest BCUT2D eigenvalue weighted by Gasteiger charge is -2.14. The highest BCUT2D eigenvalue weighted by molar-refractivity contribution is 6.33. The molecule has 154 valence electrons. The highest BCUT2D eigenvalue weighted by Crippen LogP contribution is 2.36. The molecule has 3 rings (SSSR count). The number of hydrogen-bond donors (Lipinski definition) is 2. The number of nitrogens with one attached hydrogen (secondary N) is 2. The predicted octanol–water partition coefficient (Wildman–Crippen LogP) is 5.52. The van der Waals surface area contributed by atoms with Gasteiger partial charge in [-0.15, -0.1) is 0 Å². The molecule has 0 aliphatic carbocycles. The van der Waals surface area contributed by atoms with E-state index in [0.29, 0.717) is 33.5 Å². The van der Waals surface area contributed by atoms with Crippen LogP contribution in [0, 0.1) is 0 Å². The lowest BCUT2D eigenvalue weighted by molar-refractivity contribution is 0.101. The number of para-hydroxylation sites is 2. The van der Waals surface area contributed by atoms with Crippen molar-refractivity contribution in [1.29, 1.82) is 0 Å². The van der Waals surface area contributed by atoms with Gasteiger partial charge in [-0.2, -0.15) is 0 Å². The molecule has 0 aliphatic rings. The standard InChI is InChI=1S/C22H18Cl2N2O4/c1-29-19-12-14(11-16(24)20(19)30-2)22(28)26-18-6-4-3-5-17(18)25-21(27)13-7-9-15(23)10-8-13/h3-12H,1-2H3,(H,25,27)(H,26,28). The van der Waals surface area contributed by atoms with E-state index in [4.69, 9.17) is 32.7 Å². The second-order valence-electron chi connectivity index (χ2n) is 6.15. The maximum absolute atomic E-state index is 12.8.